The molecule has 4 nitrogen and oxygen atoms in total. The predicted octanol–water partition coefficient (Wildman–Crippen LogP) is 1.90. The van der Waals surface area contributed by atoms with Crippen molar-refractivity contribution in [2.45, 2.75) is 13.5 Å². The molecule has 0 radical (unpaired) electrons. The zero-order chi connectivity index (χ0) is 11.8. The second kappa shape index (κ2) is 7.44. The summed E-state index contributed by atoms with van der Waals surface area (Å²) in [6, 6.07) is 3.73. The molecule has 0 bridgehead atoms. The third-order valence-corrected chi connectivity index (χ3v) is 2.42. The Balaban J connectivity index is 2.58. The van der Waals surface area contributed by atoms with E-state index in [1.54, 1.807) is 7.11 Å². The Labute approximate surface area is 101 Å². The van der Waals surface area contributed by atoms with E-state index in [2.05, 4.69) is 22.5 Å². The highest BCUT2D eigenvalue weighted by molar-refractivity contribution is 6.31. The highest BCUT2D eigenvalue weighted by atomic mass is 35.5. The van der Waals surface area contributed by atoms with Crippen LogP contribution in [0.5, 0.6) is 0 Å². The van der Waals surface area contributed by atoms with Gasteiger partial charge < -0.3 is 15.4 Å². The first-order valence-corrected chi connectivity index (χ1v) is 5.74. The van der Waals surface area contributed by atoms with E-state index in [-0.39, 0.29) is 0 Å². The minimum atomic E-state index is 0.660. The van der Waals surface area contributed by atoms with Crippen LogP contribution in [0.1, 0.15) is 12.6 Å². The van der Waals surface area contributed by atoms with Crippen molar-refractivity contribution in [3.8, 4) is 0 Å². The van der Waals surface area contributed by atoms with Gasteiger partial charge in [-0.15, -0.1) is 0 Å². The van der Waals surface area contributed by atoms with Gasteiger partial charge in [-0.3, -0.25) is 0 Å². The molecule has 0 aliphatic heterocycles. The van der Waals surface area contributed by atoms with Crippen LogP contribution in [0, 0.1) is 0 Å². The van der Waals surface area contributed by atoms with Crippen LogP contribution in [-0.4, -0.2) is 31.8 Å². The number of pyridine rings is 1. The lowest BCUT2D eigenvalue weighted by Gasteiger charge is -2.08. The van der Waals surface area contributed by atoms with E-state index in [4.69, 9.17) is 16.3 Å². The Bertz CT molecular complexity index is 320. The van der Waals surface area contributed by atoms with Gasteiger partial charge in [0.25, 0.3) is 0 Å². The molecule has 1 aromatic rings. The zero-order valence-corrected chi connectivity index (χ0v) is 10.5. The predicted molar refractivity (Wildman–Crippen MR) is 67.0 cm³/mol. The highest BCUT2D eigenvalue weighted by Crippen LogP contribution is 2.16. The largest absolute Gasteiger partial charge is 0.383 e. The summed E-state index contributed by atoms with van der Waals surface area (Å²) in [6.45, 7) is 5.04. The molecule has 0 spiro atoms. The van der Waals surface area contributed by atoms with Crippen LogP contribution >= 0.6 is 11.6 Å². The van der Waals surface area contributed by atoms with Gasteiger partial charge in [-0.1, -0.05) is 18.5 Å². The van der Waals surface area contributed by atoms with Crippen molar-refractivity contribution in [1.29, 1.82) is 0 Å². The Hall–Kier alpha value is -0.840. The number of nitrogens with zero attached hydrogens (tertiary/aromatic N) is 1. The van der Waals surface area contributed by atoms with Crippen LogP contribution in [0.25, 0.3) is 0 Å². The minimum absolute atomic E-state index is 0.660. The summed E-state index contributed by atoms with van der Waals surface area (Å²) in [5.74, 6) is 0.828. The molecule has 0 fully saturated rings. The molecule has 0 aliphatic rings. The molecule has 0 saturated carbocycles. The standard InChI is InChI=1S/C11H18ClN3O/c1-3-13-8-10-9(12)4-5-11(15-10)14-6-7-16-2/h4-5,13H,3,6-8H2,1-2H3,(H,14,15). The third kappa shape index (κ3) is 4.35. The average Bonchev–Trinajstić information content (AvgIpc) is 2.30. The highest BCUT2D eigenvalue weighted by Gasteiger charge is 2.02. The van der Waals surface area contributed by atoms with E-state index in [1.165, 1.54) is 0 Å². The molecule has 0 aromatic carbocycles. The van der Waals surface area contributed by atoms with E-state index >= 15 is 0 Å². The van der Waals surface area contributed by atoms with Crippen LogP contribution < -0.4 is 10.6 Å². The van der Waals surface area contributed by atoms with Gasteiger partial charge >= 0.3 is 0 Å². The van der Waals surface area contributed by atoms with Crippen molar-refractivity contribution >= 4 is 17.4 Å². The molecule has 0 aliphatic carbocycles. The van der Waals surface area contributed by atoms with Gasteiger partial charge in [-0.25, -0.2) is 4.98 Å². The summed E-state index contributed by atoms with van der Waals surface area (Å²) in [7, 11) is 1.67. The molecule has 1 rings (SSSR count). The number of ether oxygens (including phenoxy) is 1. The van der Waals surface area contributed by atoms with Gasteiger partial charge in [0.05, 0.1) is 17.3 Å². The lowest BCUT2D eigenvalue weighted by molar-refractivity contribution is 0.210. The number of hydrogen-bond donors (Lipinski definition) is 2. The van der Waals surface area contributed by atoms with Crippen LogP contribution in [0.2, 0.25) is 5.02 Å². The van der Waals surface area contributed by atoms with E-state index in [9.17, 15) is 0 Å². The van der Waals surface area contributed by atoms with E-state index in [0.29, 0.717) is 18.2 Å². The fraction of sp³-hybridized carbons (Fsp3) is 0.545. The smallest absolute Gasteiger partial charge is 0.126 e. The topological polar surface area (TPSA) is 46.2 Å². The summed E-state index contributed by atoms with van der Waals surface area (Å²) in [5, 5.41) is 7.06. The zero-order valence-electron chi connectivity index (χ0n) is 9.72. The molecule has 5 heteroatoms. The number of hydrogen-bond acceptors (Lipinski definition) is 4. The maximum atomic E-state index is 6.04. The second-order valence-corrected chi connectivity index (χ2v) is 3.73. The Morgan fingerprint density at radius 2 is 2.25 bits per heavy atom. The average molecular weight is 244 g/mol. The fourth-order valence-electron chi connectivity index (χ4n) is 1.23. The van der Waals surface area contributed by atoms with Gasteiger partial charge in [0, 0.05) is 20.2 Å². The molecule has 1 heterocycles. The van der Waals surface area contributed by atoms with E-state index < -0.39 is 0 Å². The molecule has 0 atom stereocenters. The quantitative estimate of drug-likeness (QED) is 0.719. The first kappa shape index (κ1) is 13.2. The molecular formula is C11H18ClN3O. The Morgan fingerprint density at radius 3 is 2.94 bits per heavy atom. The molecule has 0 amide bonds. The number of methoxy groups -OCH3 is 1. The number of rotatable bonds is 7. The summed E-state index contributed by atoms with van der Waals surface area (Å²) < 4.78 is 4.95. The summed E-state index contributed by atoms with van der Waals surface area (Å²) in [6.07, 6.45) is 0. The monoisotopic (exact) mass is 243 g/mol. The summed E-state index contributed by atoms with van der Waals surface area (Å²) in [5.41, 5.74) is 0.867. The van der Waals surface area contributed by atoms with Gasteiger partial charge in [0.2, 0.25) is 0 Å². The van der Waals surface area contributed by atoms with Crippen LogP contribution in [0.4, 0.5) is 5.82 Å². The summed E-state index contributed by atoms with van der Waals surface area (Å²) in [4.78, 5) is 4.42. The first-order valence-electron chi connectivity index (χ1n) is 5.37. The van der Waals surface area contributed by atoms with Crippen molar-refractivity contribution in [1.82, 2.24) is 10.3 Å². The van der Waals surface area contributed by atoms with Crippen molar-refractivity contribution in [3.63, 3.8) is 0 Å². The van der Waals surface area contributed by atoms with Crippen molar-refractivity contribution in [2.75, 3.05) is 32.1 Å². The van der Waals surface area contributed by atoms with Crippen molar-refractivity contribution in [3.05, 3.63) is 22.8 Å². The Morgan fingerprint density at radius 1 is 1.44 bits per heavy atom. The maximum absolute atomic E-state index is 6.04. The van der Waals surface area contributed by atoms with Gasteiger partial charge in [-0.05, 0) is 18.7 Å². The first-order chi connectivity index (χ1) is 7.77. The number of nitrogens with one attached hydrogen (secondary N) is 2. The molecular weight excluding hydrogens is 226 g/mol. The third-order valence-electron chi connectivity index (χ3n) is 2.07. The maximum Gasteiger partial charge on any atom is 0.126 e. The fourth-order valence-corrected chi connectivity index (χ4v) is 1.40. The molecule has 0 unspecified atom stereocenters. The van der Waals surface area contributed by atoms with Crippen molar-refractivity contribution < 1.29 is 4.74 Å². The Kier molecular flexibility index (Phi) is 6.15. The van der Waals surface area contributed by atoms with Crippen LogP contribution in [0.3, 0.4) is 0 Å². The molecule has 90 valence electrons. The van der Waals surface area contributed by atoms with Gasteiger partial charge in [-0.2, -0.15) is 0 Å². The van der Waals surface area contributed by atoms with E-state index in [1.807, 2.05) is 12.1 Å². The van der Waals surface area contributed by atoms with Crippen molar-refractivity contribution in [2.24, 2.45) is 0 Å². The van der Waals surface area contributed by atoms with Crippen LogP contribution in [-0.2, 0) is 11.3 Å². The molecule has 16 heavy (non-hydrogen) atoms. The minimum Gasteiger partial charge on any atom is -0.383 e. The SMILES string of the molecule is CCNCc1nc(NCCOC)ccc1Cl. The lowest BCUT2D eigenvalue weighted by atomic mass is 10.3. The lowest BCUT2D eigenvalue weighted by Crippen LogP contribution is -2.15. The summed E-state index contributed by atoms with van der Waals surface area (Å²) >= 11 is 6.04. The molecule has 1 aromatic heterocycles. The number of halogens is 1. The van der Waals surface area contributed by atoms with Gasteiger partial charge in [0.15, 0.2) is 0 Å². The normalized spacial score (nSPS) is 10.4. The molecule has 0 saturated heterocycles. The number of anilines is 1. The molecule has 2 N–H and O–H groups in total. The number of aromatic nitrogens is 1. The van der Waals surface area contributed by atoms with Crippen LogP contribution in [0.15, 0.2) is 12.1 Å². The van der Waals surface area contributed by atoms with E-state index in [0.717, 1.165) is 24.6 Å². The van der Waals surface area contributed by atoms with Gasteiger partial charge in [0.1, 0.15) is 5.82 Å². The second-order valence-electron chi connectivity index (χ2n) is 3.32.